The van der Waals surface area contributed by atoms with E-state index in [2.05, 4.69) is 15.9 Å². The van der Waals surface area contributed by atoms with Gasteiger partial charge in [-0.3, -0.25) is 0 Å². The molecular weight excluding hydrogens is 268 g/mol. The van der Waals surface area contributed by atoms with Gasteiger partial charge in [-0.2, -0.15) is 0 Å². The van der Waals surface area contributed by atoms with Crippen LogP contribution in [0.25, 0.3) is 0 Å². The second-order valence-corrected chi connectivity index (χ2v) is 5.38. The molecule has 0 heterocycles. The van der Waals surface area contributed by atoms with Gasteiger partial charge in [0.15, 0.2) is 0 Å². The standard InChI is InChI=1S/C13H17BrO2/c1-9(15)12-7-11(14)5-6-13(12)16-8-10-3-2-4-10/h5-7,9-10,15H,2-4,8H2,1H3. The van der Waals surface area contributed by atoms with Crippen molar-refractivity contribution in [2.45, 2.75) is 32.3 Å². The summed E-state index contributed by atoms with van der Waals surface area (Å²) in [6, 6.07) is 5.79. The number of ether oxygens (including phenoxy) is 1. The van der Waals surface area contributed by atoms with Crippen molar-refractivity contribution in [3.05, 3.63) is 28.2 Å². The van der Waals surface area contributed by atoms with E-state index in [-0.39, 0.29) is 0 Å². The van der Waals surface area contributed by atoms with Crippen LogP contribution in [0.15, 0.2) is 22.7 Å². The minimum atomic E-state index is -0.492. The fourth-order valence-electron chi connectivity index (χ4n) is 1.84. The maximum absolute atomic E-state index is 9.66. The largest absolute Gasteiger partial charge is 0.493 e. The number of benzene rings is 1. The molecular formula is C13H17BrO2. The van der Waals surface area contributed by atoms with E-state index in [1.54, 1.807) is 6.92 Å². The minimum Gasteiger partial charge on any atom is -0.493 e. The van der Waals surface area contributed by atoms with Gasteiger partial charge in [-0.1, -0.05) is 22.4 Å². The van der Waals surface area contributed by atoms with Gasteiger partial charge in [-0.05, 0) is 43.9 Å². The number of aliphatic hydroxyl groups excluding tert-OH is 1. The van der Waals surface area contributed by atoms with Crippen LogP contribution in [0, 0.1) is 5.92 Å². The van der Waals surface area contributed by atoms with Crippen molar-refractivity contribution >= 4 is 15.9 Å². The molecule has 0 radical (unpaired) electrons. The zero-order valence-corrected chi connectivity index (χ0v) is 11.0. The average molecular weight is 285 g/mol. The second kappa shape index (κ2) is 5.19. The molecule has 1 saturated carbocycles. The van der Waals surface area contributed by atoms with Gasteiger partial charge in [0.2, 0.25) is 0 Å². The predicted molar refractivity (Wildman–Crippen MR) is 67.6 cm³/mol. The molecule has 1 fully saturated rings. The molecule has 0 aliphatic heterocycles. The van der Waals surface area contributed by atoms with Crippen LogP contribution in [0.4, 0.5) is 0 Å². The van der Waals surface area contributed by atoms with Crippen molar-refractivity contribution < 1.29 is 9.84 Å². The lowest BCUT2D eigenvalue weighted by Crippen LogP contribution is -2.19. The molecule has 2 rings (SSSR count). The molecule has 3 heteroatoms. The Morgan fingerprint density at radius 1 is 1.50 bits per heavy atom. The Labute approximate surface area is 105 Å². The molecule has 1 aromatic rings. The van der Waals surface area contributed by atoms with Crippen LogP contribution in [-0.2, 0) is 0 Å². The van der Waals surface area contributed by atoms with Gasteiger partial charge >= 0.3 is 0 Å². The molecule has 0 saturated heterocycles. The molecule has 1 N–H and O–H groups in total. The van der Waals surface area contributed by atoms with Crippen LogP contribution >= 0.6 is 15.9 Å². The number of aliphatic hydroxyl groups is 1. The topological polar surface area (TPSA) is 29.5 Å². The SMILES string of the molecule is CC(O)c1cc(Br)ccc1OCC1CCC1. The van der Waals surface area contributed by atoms with E-state index in [9.17, 15) is 5.11 Å². The van der Waals surface area contributed by atoms with Gasteiger partial charge < -0.3 is 9.84 Å². The molecule has 2 nitrogen and oxygen atoms in total. The molecule has 1 atom stereocenters. The smallest absolute Gasteiger partial charge is 0.125 e. The summed E-state index contributed by atoms with van der Waals surface area (Å²) >= 11 is 3.40. The van der Waals surface area contributed by atoms with E-state index >= 15 is 0 Å². The van der Waals surface area contributed by atoms with Crippen LogP contribution in [-0.4, -0.2) is 11.7 Å². The van der Waals surface area contributed by atoms with Crippen LogP contribution in [0.5, 0.6) is 5.75 Å². The Morgan fingerprint density at radius 3 is 2.81 bits per heavy atom. The Bertz CT molecular complexity index is 359. The lowest BCUT2D eigenvalue weighted by atomic mass is 9.86. The third-order valence-corrected chi connectivity index (χ3v) is 3.61. The molecule has 1 unspecified atom stereocenters. The maximum Gasteiger partial charge on any atom is 0.125 e. The average Bonchev–Trinajstić information content (AvgIpc) is 2.17. The number of halogens is 1. The van der Waals surface area contributed by atoms with E-state index < -0.39 is 6.10 Å². The monoisotopic (exact) mass is 284 g/mol. The zero-order valence-electron chi connectivity index (χ0n) is 9.45. The summed E-state index contributed by atoms with van der Waals surface area (Å²) in [6.45, 7) is 2.54. The van der Waals surface area contributed by atoms with E-state index in [1.807, 2.05) is 18.2 Å². The Kier molecular flexibility index (Phi) is 3.87. The summed E-state index contributed by atoms with van der Waals surface area (Å²) in [7, 11) is 0. The van der Waals surface area contributed by atoms with Crippen molar-refractivity contribution in [2.75, 3.05) is 6.61 Å². The van der Waals surface area contributed by atoms with Crippen molar-refractivity contribution in [1.82, 2.24) is 0 Å². The first-order valence-electron chi connectivity index (χ1n) is 5.77. The van der Waals surface area contributed by atoms with Crippen LogP contribution in [0.1, 0.15) is 37.9 Å². The Morgan fingerprint density at radius 2 is 2.25 bits per heavy atom. The molecule has 0 amide bonds. The summed E-state index contributed by atoms with van der Waals surface area (Å²) in [5, 5.41) is 9.66. The van der Waals surface area contributed by atoms with Crippen LogP contribution in [0.2, 0.25) is 0 Å². The highest BCUT2D eigenvalue weighted by molar-refractivity contribution is 9.10. The third kappa shape index (κ3) is 2.77. The summed E-state index contributed by atoms with van der Waals surface area (Å²) < 4.78 is 6.75. The fraction of sp³-hybridized carbons (Fsp3) is 0.538. The number of rotatable bonds is 4. The molecule has 0 spiro atoms. The first-order chi connectivity index (χ1) is 7.66. The third-order valence-electron chi connectivity index (χ3n) is 3.12. The van der Waals surface area contributed by atoms with Crippen LogP contribution < -0.4 is 4.74 Å². The highest BCUT2D eigenvalue weighted by Gasteiger charge is 2.19. The molecule has 1 aromatic carbocycles. The lowest BCUT2D eigenvalue weighted by Gasteiger charge is -2.26. The van der Waals surface area contributed by atoms with Gasteiger partial charge in [0.05, 0.1) is 12.7 Å². The maximum atomic E-state index is 9.66. The van der Waals surface area contributed by atoms with E-state index in [1.165, 1.54) is 19.3 Å². The lowest BCUT2D eigenvalue weighted by molar-refractivity contribution is 0.164. The molecule has 0 aromatic heterocycles. The molecule has 16 heavy (non-hydrogen) atoms. The van der Waals surface area contributed by atoms with Gasteiger partial charge in [-0.15, -0.1) is 0 Å². The van der Waals surface area contributed by atoms with Crippen molar-refractivity contribution in [2.24, 2.45) is 5.92 Å². The van der Waals surface area contributed by atoms with Gasteiger partial charge in [0, 0.05) is 10.0 Å². The van der Waals surface area contributed by atoms with E-state index in [0.29, 0.717) is 5.92 Å². The minimum absolute atomic E-state index is 0.492. The van der Waals surface area contributed by atoms with Crippen molar-refractivity contribution in [3.8, 4) is 5.75 Å². The summed E-state index contributed by atoms with van der Waals surface area (Å²) in [5.41, 5.74) is 0.855. The molecule has 0 bridgehead atoms. The summed E-state index contributed by atoms with van der Waals surface area (Å²) in [5.74, 6) is 1.52. The van der Waals surface area contributed by atoms with E-state index in [0.717, 1.165) is 22.4 Å². The quantitative estimate of drug-likeness (QED) is 0.914. The first kappa shape index (κ1) is 11.9. The Balaban J connectivity index is 2.05. The molecule has 88 valence electrons. The van der Waals surface area contributed by atoms with Gasteiger partial charge in [0.25, 0.3) is 0 Å². The van der Waals surface area contributed by atoms with Gasteiger partial charge in [-0.25, -0.2) is 0 Å². The zero-order chi connectivity index (χ0) is 11.5. The second-order valence-electron chi connectivity index (χ2n) is 4.47. The van der Waals surface area contributed by atoms with Crippen molar-refractivity contribution in [1.29, 1.82) is 0 Å². The Hall–Kier alpha value is -0.540. The fourth-order valence-corrected chi connectivity index (χ4v) is 2.22. The summed E-state index contributed by atoms with van der Waals surface area (Å²) in [6.07, 6.45) is 3.40. The highest BCUT2D eigenvalue weighted by Crippen LogP contribution is 2.31. The summed E-state index contributed by atoms with van der Waals surface area (Å²) in [4.78, 5) is 0. The first-order valence-corrected chi connectivity index (χ1v) is 6.56. The molecule has 1 aliphatic rings. The predicted octanol–water partition coefficient (Wildman–Crippen LogP) is 3.68. The number of hydrogen-bond acceptors (Lipinski definition) is 2. The normalized spacial score (nSPS) is 17.9. The van der Waals surface area contributed by atoms with E-state index in [4.69, 9.17) is 4.74 Å². The van der Waals surface area contributed by atoms with Crippen molar-refractivity contribution in [3.63, 3.8) is 0 Å². The molecule has 1 aliphatic carbocycles. The van der Waals surface area contributed by atoms with Gasteiger partial charge in [0.1, 0.15) is 5.75 Å². The van der Waals surface area contributed by atoms with Crippen LogP contribution in [0.3, 0.4) is 0 Å². The highest BCUT2D eigenvalue weighted by atomic mass is 79.9. The number of hydrogen-bond donors (Lipinski definition) is 1.